The van der Waals surface area contributed by atoms with E-state index < -0.39 is 23.7 Å². The molecule has 27 heavy (non-hydrogen) atoms. The molecule has 0 spiro atoms. The van der Waals surface area contributed by atoms with Gasteiger partial charge in [-0.15, -0.1) is 11.8 Å². The van der Waals surface area contributed by atoms with Gasteiger partial charge >= 0.3 is 18.0 Å². The highest BCUT2D eigenvalue weighted by molar-refractivity contribution is 7.99. The second-order valence-electron chi connectivity index (χ2n) is 6.71. The fourth-order valence-corrected chi connectivity index (χ4v) is 3.12. The first-order valence-corrected chi connectivity index (χ1v) is 9.33. The average Bonchev–Trinajstić information content (AvgIpc) is 2.91. The average molecular weight is 401 g/mol. The molecule has 0 aliphatic carbocycles. The maximum Gasteiger partial charge on any atom is 0.408 e. The summed E-state index contributed by atoms with van der Waals surface area (Å²) in [7, 11) is 4.40. The van der Waals surface area contributed by atoms with Gasteiger partial charge in [0.1, 0.15) is 11.6 Å². The third kappa shape index (κ3) is 7.90. The number of carbonyl (C=O) groups excluding carboxylic acids is 3. The standard InChI is InChI=1S/C17H27N3O6S/c1-17(2,3)26-16(23)19-12(15(22)25-6)9-11-14(20(4)10-18-11)27-8-7-13(21)24-5/h10,12H,7-9H2,1-6H3,(H,19,23)/t12-/m0/s1. The van der Waals surface area contributed by atoms with Gasteiger partial charge in [0, 0.05) is 19.2 Å². The summed E-state index contributed by atoms with van der Waals surface area (Å²) in [6.45, 7) is 5.19. The molecule has 1 aromatic heterocycles. The van der Waals surface area contributed by atoms with Crippen LogP contribution in [0.15, 0.2) is 11.4 Å². The van der Waals surface area contributed by atoms with Gasteiger partial charge in [-0.25, -0.2) is 14.6 Å². The van der Waals surface area contributed by atoms with Crippen LogP contribution in [0.2, 0.25) is 0 Å². The van der Waals surface area contributed by atoms with Crippen molar-refractivity contribution in [2.75, 3.05) is 20.0 Å². The molecule has 0 aromatic carbocycles. The fourth-order valence-electron chi connectivity index (χ4n) is 2.10. The van der Waals surface area contributed by atoms with Crippen LogP contribution in [-0.4, -0.2) is 59.2 Å². The quantitative estimate of drug-likeness (QED) is 0.398. The molecule has 0 unspecified atom stereocenters. The van der Waals surface area contributed by atoms with E-state index in [1.54, 1.807) is 31.7 Å². The monoisotopic (exact) mass is 401 g/mol. The number of thioether (sulfide) groups is 1. The van der Waals surface area contributed by atoms with E-state index in [1.165, 1.54) is 26.0 Å². The molecule has 1 aromatic rings. The molecule has 0 aliphatic rings. The van der Waals surface area contributed by atoms with Gasteiger partial charge in [-0.3, -0.25) is 4.79 Å². The Morgan fingerprint density at radius 3 is 2.48 bits per heavy atom. The second kappa shape index (κ2) is 10.2. The number of hydrogen-bond acceptors (Lipinski definition) is 8. The predicted molar refractivity (Wildman–Crippen MR) is 99.4 cm³/mol. The number of rotatable bonds is 8. The highest BCUT2D eigenvalue weighted by Gasteiger charge is 2.27. The van der Waals surface area contributed by atoms with Gasteiger partial charge in [0.25, 0.3) is 0 Å². The van der Waals surface area contributed by atoms with Gasteiger partial charge in [0.05, 0.1) is 37.7 Å². The zero-order valence-corrected chi connectivity index (χ0v) is 17.3. The normalized spacial score (nSPS) is 12.2. The van der Waals surface area contributed by atoms with Crippen LogP contribution in [0, 0.1) is 0 Å². The summed E-state index contributed by atoms with van der Waals surface area (Å²) in [5.74, 6) is -0.399. The van der Waals surface area contributed by atoms with Crippen LogP contribution < -0.4 is 5.32 Å². The first kappa shape index (κ1) is 22.8. The van der Waals surface area contributed by atoms with Crippen molar-refractivity contribution in [2.24, 2.45) is 7.05 Å². The highest BCUT2D eigenvalue weighted by Crippen LogP contribution is 2.23. The maximum absolute atomic E-state index is 12.1. The minimum atomic E-state index is -0.945. The number of hydrogen-bond donors (Lipinski definition) is 1. The fraction of sp³-hybridized carbons (Fsp3) is 0.647. The summed E-state index contributed by atoms with van der Waals surface area (Å²) in [5, 5.41) is 3.31. The number of alkyl carbamates (subject to hydrolysis) is 1. The van der Waals surface area contributed by atoms with Gasteiger partial charge in [0.15, 0.2) is 0 Å². The van der Waals surface area contributed by atoms with Crippen LogP contribution in [0.3, 0.4) is 0 Å². The number of esters is 2. The lowest BCUT2D eigenvalue weighted by Gasteiger charge is -2.22. The number of carbonyl (C=O) groups is 3. The van der Waals surface area contributed by atoms with E-state index in [1.807, 2.05) is 7.05 Å². The predicted octanol–water partition coefficient (Wildman–Crippen LogP) is 1.68. The molecular formula is C17H27N3O6S. The summed E-state index contributed by atoms with van der Waals surface area (Å²) in [6, 6.07) is -0.945. The van der Waals surface area contributed by atoms with Crippen LogP contribution in [-0.2, 0) is 37.3 Å². The van der Waals surface area contributed by atoms with Crippen molar-refractivity contribution in [2.45, 2.75) is 50.3 Å². The Morgan fingerprint density at radius 2 is 1.93 bits per heavy atom. The SMILES string of the molecule is COC(=O)CCSc1c(C[C@H](NC(=O)OC(C)(C)C)C(=O)OC)ncn1C. The number of methoxy groups -OCH3 is 2. The van der Waals surface area contributed by atoms with Crippen LogP contribution in [0.25, 0.3) is 0 Å². The Kier molecular flexibility index (Phi) is 8.61. The zero-order valence-electron chi connectivity index (χ0n) is 16.5. The summed E-state index contributed by atoms with van der Waals surface area (Å²) in [6.07, 6.45) is 1.28. The first-order valence-electron chi connectivity index (χ1n) is 8.34. The molecule has 152 valence electrons. The number of ether oxygens (including phenoxy) is 3. The van der Waals surface area contributed by atoms with E-state index in [-0.39, 0.29) is 18.8 Å². The number of nitrogens with zero attached hydrogens (tertiary/aromatic N) is 2. The van der Waals surface area contributed by atoms with Gasteiger partial charge in [0.2, 0.25) is 0 Å². The van der Waals surface area contributed by atoms with Crippen LogP contribution >= 0.6 is 11.8 Å². The summed E-state index contributed by atoms with van der Waals surface area (Å²) >= 11 is 1.42. The third-order valence-electron chi connectivity index (χ3n) is 3.30. The van der Waals surface area contributed by atoms with Crippen molar-refractivity contribution in [1.82, 2.24) is 14.9 Å². The molecule has 10 heteroatoms. The molecule has 0 radical (unpaired) electrons. The van der Waals surface area contributed by atoms with Gasteiger partial charge in [-0.1, -0.05) is 0 Å². The molecule has 1 rings (SSSR count). The van der Waals surface area contributed by atoms with Crippen LogP contribution in [0.1, 0.15) is 32.9 Å². The lowest BCUT2D eigenvalue weighted by molar-refractivity contribution is -0.143. The second-order valence-corrected chi connectivity index (χ2v) is 7.79. The molecule has 1 atom stereocenters. The molecule has 0 saturated heterocycles. The Hall–Kier alpha value is -2.23. The number of aryl methyl sites for hydroxylation is 1. The topological polar surface area (TPSA) is 109 Å². The Morgan fingerprint density at radius 1 is 1.26 bits per heavy atom. The van der Waals surface area contributed by atoms with Crippen molar-refractivity contribution < 1.29 is 28.6 Å². The third-order valence-corrected chi connectivity index (χ3v) is 4.51. The molecule has 9 nitrogen and oxygen atoms in total. The van der Waals surface area contributed by atoms with Gasteiger partial charge < -0.3 is 24.1 Å². The lowest BCUT2D eigenvalue weighted by Crippen LogP contribution is -2.45. The van der Waals surface area contributed by atoms with Crippen molar-refractivity contribution in [3.63, 3.8) is 0 Å². The van der Waals surface area contributed by atoms with Crippen molar-refractivity contribution in [3.05, 3.63) is 12.0 Å². The minimum Gasteiger partial charge on any atom is -0.469 e. The summed E-state index contributed by atoms with van der Waals surface area (Å²) in [4.78, 5) is 39.7. The largest absolute Gasteiger partial charge is 0.469 e. The van der Waals surface area contributed by atoms with Crippen molar-refractivity contribution in [1.29, 1.82) is 0 Å². The van der Waals surface area contributed by atoms with E-state index in [9.17, 15) is 14.4 Å². The summed E-state index contributed by atoms with van der Waals surface area (Å²) < 4.78 is 16.4. The van der Waals surface area contributed by atoms with E-state index in [0.29, 0.717) is 11.4 Å². The van der Waals surface area contributed by atoms with E-state index >= 15 is 0 Å². The van der Waals surface area contributed by atoms with Gasteiger partial charge in [-0.2, -0.15) is 0 Å². The van der Waals surface area contributed by atoms with Crippen molar-refractivity contribution >= 4 is 29.8 Å². The molecule has 1 N–H and O–H groups in total. The molecule has 1 heterocycles. The Bertz CT molecular complexity index is 668. The van der Waals surface area contributed by atoms with E-state index in [2.05, 4.69) is 15.0 Å². The number of amides is 1. The minimum absolute atomic E-state index is 0.132. The zero-order chi connectivity index (χ0) is 20.6. The maximum atomic E-state index is 12.1. The number of imidazole rings is 1. The molecule has 0 fully saturated rings. The van der Waals surface area contributed by atoms with E-state index in [4.69, 9.17) is 9.47 Å². The van der Waals surface area contributed by atoms with Crippen LogP contribution in [0.5, 0.6) is 0 Å². The smallest absolute Gasteiger partial charge is 0.408 e. The molecule has 0 aliphatic heterocycles. The Labute approximate surface area is 163 Å². The Balaban J connectivity index is 2.85. The van der Waals surface area contributed by atoms with E-state index in [0.717, 1.165) is 5.03 Å². The number of nitrogens with one attached hydrogen (secondary N) is 1. The highest BCUT2D eigenvalue weighted by atomic mass is 32.2. The number of aromatic nitrogens is 2. The lowest BCUT2D eigenvalue weighted by atomic mass is 10.1. The molecule has 0 bridgehead atoms. The molecule has 0 saturated carbocycles. The molecule has 1 amide bonds. The van der Waals surface area contributed by atoms with Gasteiger partial charge in [-0.05, 0) is 20.8 Å². The molecular weight excluding hydrogens is 374 g/mol. The van der Waals surface area contributed by atoms with Crippen LogP contribution in [0.4, 0.5) is 4.79 Å². The summed E-state index contributed by atoms with van der Waals surface area (Å²) in [5.41, 5.74) is -0.0798. The van der Waals surface area contributed by atoms with Crippen molar-refractivity contribution in [3.8, 4) is 0 Å². The first-order chi connectivity index (χ1) is 12.6.